The van der Waals surface area contributed by atoms with Gasteiger partial charge in [0.1, 0.15) is 11.3 Å². The van der Waals surface area contributed by atoms with E-state index in [1.165, 1.54) is 6.08 Å². The lowest BCUT2D eigenvalue weighted by Gasteiger charge is -2.26. The Labute approximate surface area is 163 Å². The molecule has 0 saturated carbocycles. The monoisotopic (exact) mass is 381 g/mol. The van der Waals surface area contributed by atoms with Gasteiger partial charge in [-0.25, -0.2) is 9.69 Å². The zero-order chi connectivity index (χ0) is 20.4. The van der Waals surface area contributed by atoms with E-state index < -0.39 is 17.8 Å². The minimum Gasteiger partial charge on any atom is -0.441 e. The average Bonchev–Trinajstić information content (AvgIpc) is 3.07. The van der Waals surface area contributed by atoms with Gasteiger partial charge in [-0.15, -0.1) is 0 Å². The molecule has 2 heterocycles. The molecule has 1 aliphatic rings. The summed E-state index contributed by atoms with van der Waals surface area (Å²) in [7, 11) is 0. The number of benzene rings is 1. The molecule has 3 rings (SSSR count). The first kappa shape index (κ1) is 19.4. The predicted molar refractivity (Wildman–Crippen MR) is 107 cm³/mol. The van der Waals surface area contributed by atoms with Crippen LogP contribution in [-0.2, 0) is 9.59 Å². The molecular formula is C21H23N3O4. The number of barbiturate groups is 1. The highest BCUT2D eigenvalue weighted by Crippen LogP contribution is 2.25. The molecule has 0 aliphatic carbocycles. The van der Waals surface area contributed by atoms with E-state index in [1.807, 2.05) is 38.7 Å². The number of aryl methyl sites for hydroxylation is 2. The molecule has 146 valence electrons. The molecule has 0 unspecified atom stereocenters. The van der Waals surface area contributed by atoms with Gasteiger partial charge in [0, 0.05) is 19.2 Å². The molecule has 4 amide bonds. The number of carbonyl (C=O) groups is 3. The van der Waals surface area contributed by atoms with Crippen molar-refractivity contribution >= 4 is 35.5 Å². The van der Waals surface area contributed by atoms with Crippen molar-refractivity contribution < 1.29 is 18.8 Å². The van der Waals surface area contributed by atoms with Crippen LogP contribution < -0.4 is 15.1 Å². The molecule has 0 radical (unpaired) electrons. The number of furan rings is 1. The summed E-state index contributed by atoms with van der Waals surface area (Å²) in [5.41, 5.74) is 2.08. The van der Waals surface area contributed by atoms with Gasteiger partial charge in [-0.3, -0.25) is 14.9 Å². The van der Waals surface area contributed by atoms with Crippen LogP contribution in [0.5, 0.6) is 0 Å². The van der Waals surface area contributed by atoms with Gasteiger partial charge in [-0.1, -0.05) is 6.07 Å². The third-order valence-corrected chi connectivity index (χ3v) is 4.54. The lowest BCUT2D eigenvalue weighted by atomic mass is 10.1. The van der Waals surface area contributed by atoms with Crippen LogP contribution in [0.25, 0.3) is 6.08 Å². The molecule has 0 spiro atoms. The molecule has 0 bridgehead atoms. The van der Waals surface area contributed by atoms with E-state index in [2.05, 4.69) is 5.32 Å². The van der Waals surface area contributed by atoms with Crippen molar-refractivity contribution in [2.75, 3.05) is 22.9 Å². The molecule has 7 nitrogen and oxygen atoms in total. The minimum absolute atomic E-state index is 0.154. The summed E-state index contributed by atoms with van der Waals surface area (Å²) in [6.45, 7) is 9.32. The van der Waals surface area contributed by atoms with E-state index in [4.69, 9.17) is 4.42 Å². The lowest BCUT2D eigenvalue weighted by Crippen LogP contribution is -2.54. The van der Waals surface area contributed by atoms with Gasteiger partial charge in [0.15, 0.2) is 5.88 Å². The molecule has 7 heteroatoms. The Morgan fingerprint density at radius 3 is 2.29 bits per heavy atom. The van der Waals surface area contributed by atoms with Crippen molar-refractivity contribution in [1.29, 1.82) is 0 Å². The van der Waals surface area contributed by atoms with Crippen molar-refractivity contribution in [2.45, 2.75) is 27.7 Å². The Bertz CT molecular complexity index is 950. The molecular weight excluding hydrogens is 358 g/mol. The number of carbonyl (C=O) groups excluding carboxylic acids is 3. The van der Waals surface area contributed by atoms with Crippen molar-refractivity contribution in [3.05, 3.63) is 52.8 Å². The SMILES string of the molecule is CCN(CC)c1ccc(/C=C2/C(=O)NC(=O)N(c3cc(C)cc(C)c3)C2=O)o1. The van der Waals surface area contributed by atoms with Gasteiger partial charge in [-0.05, 0) is 63.1 Å². The van der Waals surface area contributed by atoms with E-state index in [-0.39, 0.29) is 5.57 Å². The molecule has 1 aromatic carbocycles. The maximum atomic E-state index is 13.0. The maximum absolute atomic E-state index is 13.0. The Morgan fingerprint density at radius 1 is 1.04 bits per heavy atom. The minimum atomic E-state index is -0.763. The summed E-state index contributed by atoms with van der Waals surface area (Å²) in [5, 5.41) is 2.23. The topological polar surface area (TPSA) is 82.9 Å². The van der Waals surface area contributed by atoms with Crippen molar-refractivity contribution in [3.63, 3.8) is 0 Å². The van der Waals surface area contributed by atoms with Gasteiger partial charge in [0.2, 0.25) is 0 Å². The largest absolute Gasteiger partial charge is 0.441 e. The number of amides is 4. The number of hydrogen-bond donors (Lipinski definition) is 1. The van der Waals surface area contributed by atoms with Gasteiger partial charge in [0.25, 0.3) is 11.8 Å². The van der Waals surface area contributed by atoms with Crippen LogP contribution in [0.1, 0.15) is 30.7 Å². The number of anilines is 2. The summed E-state index contributed by atoms with van der Waals surface area (Å²) >= 11 is 0. The van der Waals surface area contributed by atoms with Gasteiger partial charge in [0.05, 0.1) is 5.69 Å². The molecule has 1 N–H and O–H groups in total. The van der Waals surface area contributed by atoms with Gasteiger partial charge >= 0.3 is 6.03 Å². The molecule has 1 saturated heterocycles. The number of rotatable bonds is 5. The second-order valence-corrected chi connectivity index (χ2v) is 6.65. The number of urea groups is 1. The first-order valence-electron chi connectivity index (χ1n) is 9.18. The quantitative estimate of drug-likeness (QED) is 0.634. The first-order chi connectivity index (χ1) is 13.3. The molecule has 0 atom stereocenters. The molecule has 2 aromatic rings. The predicted octanol–water partition coefficient (Wildman–Crippen LogP) is 3.41. The Morgan fingerprint density at radius 2 is 1.68 bits per heavy atom. The molecule has 1 aliphatic heterocycles. The summed E-state index contributed by atoms with van der Waals surface area (Å²) in [4.78, 5) is 40.5. The molecule has 28 heavy (non-hydrogen) atoms. The van der Waals surface area contributed by atoms with Crippen LogP contribution in [0.3, 0.4) is 0 Å². The fourth-order valence-corrected chi connectivity index (χ4v) is 3.24. The summed E-state index contributed by atoms with van der Waals surface area (Å²) in [6, 6.07) is 8.11. The van der Waals surface area contributed by atoms with Crippen LogP contribution in [-0.4, -0.2) is 30.9 Å². The molecule has 1 fully saturated rings. The number of nitrogens with zero attached hydrogens (tertiary/aromatic N) is 2. The van der Waals surface area contributed by atoms with Gasteiger partial charge < -0.3 is 9.32 Å². The first-order valence-corrected chi connectivity index (χ1v) is 9.18. The standard InChI is InChI=1S/C21H23N3O4/c1-5-23(6-2)18-8-7-16(28-18)12-17-19(25)22-21(27)24(20(17)26)15-10-13(3)9-14(4)11-15/h7-12H,5-6H2,1-4H3,(H,22,25,27)/b17-12-. The van der Waals surface area contributed by atoms with E-state index in [0.717, 1.165) is 29.1 Å². The number of hydrogen-bond acceptors (Lipinski definition) is 5. The normalized spacial score (nSPS) is 15.9. The zero-order valence-corrected chi connectivity index (χ0v) is 16.4. The second-order valence-electron chi connectivity index (χ2n) is 6.65. The van der Waals surface area contributed by atoms with Crippen LogP contribution >= 0.6 is 0 Å². The molecule has 1 aromatic heterocycles. The third-order valence-electron chi connectivity index (χ3n) is 4.54. The van der Waals surface area contributed by atoms with E-state index in [0.29, 0.717) is 17.3 Å². The number of nitrogens with one attached hydrogen (secondary N) is 1. The fraction of sp³-hybridized carbons (Fsp3) is 0.286. The van der Waals surface area contributed by atoms with E-state index >= 15 is 0 Å². The van der Waals surface area contributed by atoms with E-state index in [9.17, 15) is 14.4 Å². The van der Waals surface area contributed by atoms with Crippen molar-refractivity contribution in [1.82, 2.24) is 5.32 Å². The Hall–Kier alpha value is -3.35. The lowest BCUT2D eigenvalue weighted by molar-refractivity contribution is -0.122. The Kier molecular flexibility index (Phi) is 5.35. The highest BCUT2D eigenvalue weighted by Gasteiger charge is 2.37. The van der Waals surface area contributed by atoms with Crippen LogP contribution in [0, 0.1) is 13.8 Å². The summed E-state index contributed by atoms with van der Waals surface area (Å²) in [6.07, 6.45) is 1.37. The smallest absolute Gasteiger partial charge is 0.335 e. The summed E-state index contributed by atoms with van der Waals surface area (Å²) < 4.78 is 5.75. The maximum Gasteiger partial charge on any atom is 0.335 e. The Balaban J connectivity index is 1.97. The van der Waals surface area contributed by atoms with Gasteiger partial charge in [-0.2, -0.15) is 0 Å². The van der Waals surface area contributed by atoms with E-state index in [1.54, 1.807) is 24.3 Å². The highest BCUT2D eigenvalue weighted by atomic mass is 16.4. The third kappa shape index (κ3) is 3.69. The highest BCUT2D eigenvalue weighted by molar-refractivity contribution is 6.39. The van der Waals surface area contributed by atoms with Crippen LogP contribution in [0.4, 0.5) is 16.4 Å². The van der Waals surface area contributed by atoms with Crippen LogP contribution in [0.15, 0.2) is 40.3 Å². The fourth-order valence-electron chi connectivity index (χ4n) is 3.24. The zero-order valence-electron chi connectivity index (χ0n) is 16.4. The summed E-state index contributed by atoms with van der Waals surface area (Å²) in [5.74, 6) is -0.395. The van der Waals surface area contributed by atoms with Crippen molar-refractivity contribution in [3.8, 4) is 0 Å². The number of imide groups is 2. The van der Waals surface area contributed by atoms with Crippen molar-refractivity contribution in [2.24, 2.45) is 0 Å². The second kappa shape index (κ2) is 7.72. The average molecular weight is 381 g/mol. The van der Waals surface area contributed by atoms with Crippen LogP contribution in [0.2, 0.25) is 0 Å².